The van der Waals surface area contributed by atoms with Gasteiger partial charge in [0.1, 0.15) is 16.1 Å². The molecule has 0 N–H and O–H groups in total. The monoisotopic (exact) mass is 622 g/mol. The number of para-hydroxylation sites is 3. The smallest absolute Gasteiger partial charge is 0.220 e. The van der Waals surface area contributed by atoms with Crippen molar-refractivity contribution in [1.29, 1.82) is 0 Å². The maximum absolute atomic E-state index is 7.35. The number of rotatable bonds is 2. The van der Waals surface area contributed by atoms with Crippen molar-refractivity contribution in [3.8, 4) is 11.4 Å². The van der Waals surface area contributed by atoms with E-state index < -0.39 is 0 Å². The first-order valence-electron chi connectivity index (χ1n) is 15.7. The van der Waals surface area contributed by atoms with E-state index in [1.165, 1.54) is 5.39 Å². The first-order valence-corrected chi connectivity index (χ1v) is 16.1. The van der Waals surface area contributed by atoms with Crippen molar-refractivity contribution < 1.29 is 4.42 Å². The summed E-state index contributed by atoms with van der Waals surface area (Å²) >= 11 is 7.35. The van der Waals surface area contributed by atoms with Gasteiger partial charge in [-0.1, -0.05) is 90.5 Å². The SMILES string of the molecule is Clc1c(-n2c3cccc4cccc(c43)n3c4ccc5c6ccccc6n(-c6ccccc6)c5c4nc23)ccc2c1oc1ccccc12. The zero-order valence-corrected chi connectivity index (χ0v) is 25.6. The molecular formula is C41H23ClN4O. The molecule has 0 fully saturated rings. The highest BCUT2D eigenvalue weighted by Crippen LogP contribution is 2.42. The van der Waals surface area contributed by atoms with Crippen LogP contribution in [0.25, 0.3) is 93.7 Å². The third-order valence-electron chi connectivity index (χ3n) is 9.71. The first kappa shape index (κ1) is 25.2. The van der Waals surface area contributed by atoms with E-state index in [1.54, 1.807) is 0 Å². The molecule has 0 amide bonds. The standard InChI is InChI=1S/C41H23ClN4O/c42-37-33(22-21-29-27-15-5-7-19-35(27)47-40(29)37)45-31-17-8-10-24-11-9-18-32(36(24)31)46-34-23-20-28-26-14-4-6-16-30(26)44(25-12-2-1-3-13-25)39(28)38(34)43-41(45)46/h1-23H. The third-order valence-corrected chi connectivity index (χ3v) is 10.1. The molecule has 5 nitrogen and oxygen atoms in total. The van der Waals surface area contributed by atoms with Crippen molar-refractivity contribution >= 4 is 94.0 Å². The number of hydrogen-bond donors (Lipinski definition) is 0. The van der Waals surface area contributed by atoms with Gasteiger partial charge in [-0.15, -0.1) is 0 Å². The van der Waals surface area contributed by atoms with Gasteiger partial charge >= 0.3 is 0 Å². The van der Waals surface area contributed by atoms with Gasteiger partial charge in [0.2, 0.25) is 5.78 Å². The molecule has 11 aromatic rings. The maximum atomic E-state index is 7.35. The summed E-state index contributed by atoms with van der Waals surface area (Å²) in [6.07, 6.45) is 0. The predicted molar refractivity (Wildman–Crippen MR) is 194 cm³/mol. The molecule has 47 heavy (non-hydrogen) atoms. The van der Waals surface area contributed by atoms with E-state index in [9.17, 15) is 0 Å². The van der Waals surface area contributed by atoms with E-state index in [0.29, 0.717) is 10.6 Å². The molecule has 0 saturated heterocycles. The van der Waals surface area contributed by atoms with Gasteiger partial charge in [-0.25, -0.2) is 4.98 Å². The second kappa shape index (κ2) is 9.03. The first-order chi connectivity index (χ1) is 23.3. The molecule has 0 aliphatic carbocycles. The minimum Gasteiger partial charge on any atom is -0.454 e. The van der Waals surface area contributed by atoms with Crippen LogP contribution in [0.4, 0.5) is 0 Å². The lowest BCUT2D eigenvalue weighted by Gasteiger charge is -2.18. The van der Waals surface area contributed by atoms with Crippen molar-refractivity contribution in [2.75, 3.05) is 0 Å². The Hall–Kier alpha value is -6.04. The third kappa shape index (κ3) is 3.21. The lowest BCUT2D eigenvalue weighted by atomic mass is 10.1. The van der Waals surface area contributed by atoms with E-state index in [0.717, 1.165) is 82.8 Å². The van der Waals surface area contributed by atoms with Gasteiger partial charge in [0, 0.05) is 32.6 Å². The Labute approximate surface area is 272 Å². The summed E-state index contributed by atoms with van der Waals surface area (Å²) in [5.74, 6) is 0.779. The van der Waals surface area contributed by atoms with Crippen LogP contribution in [-0.2, 0) is 0 Å². The average molecular weight is 623 g/mol. The molecule has 4 aromatic heterocycles. The van der Waals surface area contributed by atoms with Crippen LogP contribution in [0.1, 0.15) is 0 Å². The van der Waals surface area contributed by atoms with E-state index >= 15 is 0 Å². The zero-order valence-electron chi connectivity index (χ0n) is 24.9. The Balaban J connectivity index is 1.37. The van der Waals surface area contributed by atoms with Gasteiger partial charge in [-0.05, 0) is 66.0 Å². The average Bonchev–Trinajstić information content (AvgIpc) is 3.80. The molecule has 0 saturated carbocycles. The number of halogens is 1. The molecule has 0 bridgehead atoms. The van der Waals surface area contributed by atoms with Crippen LogP contribution in [0, 0.1) is 0 Å². The fraction of sp³-hybridized carbons (Fsp3) is 0. The summed E-state index contributed by atoms with van der Waals surface area (Å²) in [5.41, 5.74) is 9.69. The van der Waals surface area contributed by atoms with E-state index in [-0.39, 0.29) is 0 Å². The highest BCUT2D eigenvalue weighted by Gasteiger charge is 2.24. The topological polar surface area (TPSA) is 40.3 Å². The van der Waals surface area contributed by atoms with Crippen LogP contribution >= 0.6 is 11.6 Å². The molecule has 0 spiro atoms. The van der Waals surface area contributed by atoms with Crippen molar-refractivity contribution in [3.63, 3.8) is 0 Å². The Morgan fingerprint density at radius 3 is 2.13 bits per heavy atom. The summed E-state index contributed by atoms with van der Waals surface area (Å²) in [5, 5.41) is 7.25. The number of hydrogen-bond acceptors (Lipinski definition) is 2. The number of fused-ring (bicyclic) bond motifs is 11. The van der Waals surface area contributed by atoms with Crippen LogP contribution in [0.3, 0.4) is 0 Å². The van der Waals surface area contributed by atoms with Crippen molar-refractivity contribution in [2.24, 2.45) is 0 Å². The molecule has 220 valence electrons. The molecule has 0 aliphatic heterocycles. The van der Waals surface area contributed by atoms with E-state index in [4.69, 9.17) is 21.0 Å². The number of aromatic nitrogens is 4. The van der Waals surface area contributed by atoms with E-state index in [1.807, 2.05) is 18.2 Å². The number of benzene rings is 7. The second-order valence-corrected chi connectivity index (χ2v) is 12.5. The summed E-state index contributed by atoms with van der Waals surface area (Å²) in [4.78, 5) is 5.55. The molecule has 6 heteroatoms. The number of nitrogens with zero attached hydrogens (tertiary/aromatic N) is 4. The summed E-state index contributed by atoms with van der Waals surface area (Å²) in [6, 6.07) is 48.8. The van der Waals surface area contributed by atoms with Crippen LogP contribution in [0.2, 0.25) is 5.02 Å². The Morgan fingerprint density at radius 1 is 0.532 bits per heavy atom. The quantitative estimate of drug-likeness (QED) is 0.192. The summed E-state index contributed by atoms with van der Waals surface area (Å²) in [6.45, 7) is 0. The summed E-state index contributed by atoms with van der Waals surface area (Å²) < 4.78 is 13.2. The second-order valence-electron chi connectivity index (χ2n) is 12.1. The van der Waals surface area contributed by atoms with Gasteiger partial charge in [0.05, 0.1) is 33.3 Å². The lowest BCUT2D eigenvalue weighted by molar-refractivity contribution is 0.668. The highest BCUT2D eigenvalue weighted by molar-refractivity contribution is 6.38. The van der Waals surface area contributed by atoms with Crippen LogP contribution in [0.5, 0.6) is 0 Å². The largest absolute Gasteiger partial charge is 0.454 e. The fourth-order valence-electron chi connectivity index (χ4n) is 7.75. The van der Waals surface area contributed by atoms with Gasteiger partial charge in [-0.3, -0.25) is 8.97 Å². The van der Waals surface area contributed by atoms with Crippen LogP contribution in [0.15, 0.2) is 144 Å². The van der Waals surface area contributed by atoms with E-state index in [2.05, 4.69) is 135 Å². The molecule has 4 heterocycles. The summed E-state index contributed by atoms with van der Waals surface area (Å²) in [7, 11) is 0. The molecule has 11 rings (SSSR count). The number of imidazole rings is 1. The zero-order chi connectivity index (χ0) is 30.8. The maximum Gasteiger partial charge on any atom is 0.220 e. The molecule has 7 aromatic carbocycles. The molecule has 0 aliphatic rings. The van der Waals surface area contributed by atoms with Crippen molar-refractivity contribution in [3.05, 3.63) is 145 Å². The van der Waals surface area contributed by atoms with Gasteiger partial charge in [0.25, 0.3) is 0 Å². The molecule has 0 unspecified atom stereocenters. The van der Waals surface area contributed by atoms with Gasteiger partial charge in [0.15, 0.2) is 5.58 Å². The van der Waals surface area contributed by atoms with Gasteiger partial charge in [-0.2, -0.15) is 0 Å². The van der Waals surface area contributed by atoms with Crippen molar-refractivity contribution in [2.45, 2.75) is 0 Å². The minimum absolute atomic E-state index is 0.553. The van der Waals surface area contributed by atoms with Crippen molar-refractivity contribution in [1.82, 2.24) is 18.5 Å². The fourth-order valence-corrected chi connectivity index (χ4v) is 8.04. The molecule has 0 atom stereocenters. The van der Waals surface area contributed by atoms with Gasteiger partial charge < -0.3 is 8.98 Å². The van der Waals surface area contributed by atoms with Crippen LogP contribution in [-0.4, -0.2) is 18.5 Å². The number of furan rings is 1. The minimum atomic E-state index is 0.553. The Bertz CT molecular complexity index is 3080. The molecular weight excluding hydrogens is 600 g/mol. The Kier molecular flexibility index (Phi) is 4.84. The lowest BCUT2D eigenvalue weighted by Crippen LogP contribution is -2.06. The highest BCUT2D eigenvalue weighted by atomic mass is 35.5. The Morgan fingerprint density at radius 2 is 1.26 bits per heavy atom. The predicted octanol–water partition coefficient (Wildman–Crippen LogP) is 11.2. The van der Waals surface area contributed by atoms with Crippen LogP contribution < -0.4 is 0 Å². The molecule has 0 radical (unpaired) electrons. The normalized spacial score (nSPS) is 12.4.